The van der Waals surface area contributed by atoms with Crippen molar-refractivity contribution in [2.75, 3.05) is 19.7 Å². The predicted octanol–water partition coefficient (Wildman–Crippen LogP) is 0.705. The van der Waals surface area contributed by atoms with Crippen LogP contribution in [0.1, 0.15) is 12.5 Å². The molecule has 2 heterocycles. The molecule has 2 amide bonds. The summed E-state index contributed by atoms with van der Waals surface area (Å²) in [6.45, 7) is 1.35. The zero-order valence-corrected chi connectivity index (χ0v) is 17.4. The number of benzene rings is 1. The number of hydrogen-bond donors (Lipinski definition) is 4. The van der Waals surface area contributed by atoms with Gasteiger partial charge in [0.25, 0.3) is 0 Å². The van der Waals surface area contributed by atoms with Crippen LogP contribution in [0.5, 0.6) is 0 Å². The van der Waals surface area contributed by atoms with Gasteiger partial charge in [-0.05, 0) is 30.5 Å². The van der Waals surface area contributed by atoms with E-state index < -0.39 is 56.6 Å². The third-order valence-corrected chi connectivity index (χ3v) is 5.46. The summed E-state index contributed by atoms with van der Waals surface area (Å²) in [5, 5.41) is 20.4. The SMILES string of the molecule is CC1=CN([C@@H]2O[C@H](COP(=O)(O)O)[C@H](O)[C@@H]2O)C(=O)N(CCc2ccc(F)cc2F)C1. The average molecular weight is 464 g/mol. The summed E-state index contributed by atoms with van der Waals surface area (Å²) in [7, 11) is -4.82. The van der Waals surface area contributed by atoms with Gasteiger partial charge in [-0.1, -0.05) is 6.07 Å². The van der Waals surface area contributed by atoms with Crippen molar-refractivity contribution in [3.63, 3.8) is 0 Å². The van der Waals surface area contributed by atoms with Gasteiger partial charge in [0.1, 0.15) is 29.9 Å². The molecule has 0 aliphatic carbocycles. The van der Waals surface area contributed by atoms with Crippen molar-refractivity contribution < 1.29 is 47.4 Å². The van der Waals surface area contributed by atoms with E-state index in [0.717, 1.165) is 17.0 Å². The summed E-state index contributed by atoms with van der Waals surface area (Å²) in [6, 6.07) is 2.60. The van der Waals surface area contributed by atoms with Gasteiger partial charge in [0.05, 0.1) is 6.61 Å². The average Bonchev–Trinajstić information content (AvgIpc) is 2.95. The van der Waals surface area contributed by atoms with E-state index in [1.807, 2.05) is 0 Å². The van der Waals surface area contributed by atoms with Crippen LogP contribution in [0.2, 0.25) is 0 Å². The molecule has 172 valence electrons. The normalized spacial score (nSPS) is 27.1. The minimum Gasteiger partial charge on any atom is -0.387 e. The van der Waals surface area contributed by atoms with Crippen LogP contribution in [-0.4, -0.2) is 80.1 Å². The van der Waals surface area contributed by atoms with Crippen molar-refractivity contribution in [3.8, 4) is 0 Å². The lowest BCUT2D eigenvalue weighted by molar-refractivity contribution is -0.0697. The number of phosphoric ester groups is 1. The Morgan fingerprint density at radius 1 is 1.26 bits per heavy atom. The summed E-state index contributed by atoms with van der Waals surface area (Å²) in [5.74, 6) is -1.43. The third kappa shape index (κ3) is 5.66. The number of urea groups is 1. The van der Waals surface area contributed by atoms with Gasteiger partial charge in [-0.25, -0.2) is 18.1 Å². The largest absolute Gasteiger partial charge is 0.469 e. The molecule has 13 heteroatoms. The van der Waals surface area contributed by atoms with E-state index in [2.05, 4.69) is 4.52 Å². The van der Waals surface area contributed by atoms with Crippen molar-refractivity contribution >= 4 is 13.9 Å². The Morgan fingerprint density at radius 2 is 1.97 bits per heavy atom. The lowest BCUT2D eigenvalue weighted by atomic mass is 10.1. The first-order valence-electron chi connectivity index (χ1n) is 9.36. The third-order valence-electron chi connectivity index (χ3n) is 4.98. The van der Waals surface area contributed by atoms with E-state index >= 15 is 0 Å². The Morgan fingerprint density at radius 3 is 2.61 bits per heavy atom. The Balaban J connectivity index is 1.69. The fourth-order valence-corrected chi connectivity index (χ4v) is 3.81. The van der Waals surface area contributed by atoms with Crippen LogP contribution in [0.25, 0.3) is 0 Å². The van der Waals surface area contributed by atoms with Gasteiger partial charge < -0.3 is 29.6 Å². The summed E-state index contributed by atoms with van der Waals surface area (Å²) in [4.78, 5) is 33.0. The maximum absolute atomic E-state index is 13.9. The summed E-state index contributed by atoms with van der Waals surface area (Å²) >= 11 is 0. The molecule has 2 aliphatic rings. The lowest BCUT2D eigenvalue weighted by Gasteiger charge is -2.37. The molecule has 1 saturated heterocycles. The van der Waals surface area contributed by atoms with Crippen molar-refractivity contribution in [2.45, 2.75) is 37.9 Å². The molecular weight excluding hydrogens is 441 g/mol. The number of amides is 2. The molecule has 0 unspecified atom stereocenters. The molecule has 4 N–H and O–H groups in total. The molecule has 0 aromatic heterocycles. The van der Waals surface area contributed by atoms with E-state index in [1.165, 1.54) is 17.2 Å². The van der Waals surface area contributed by atoms with Crippen LogP contribution in [0, 0.1) is 11.6 Å². The maximum Gasteiger partial charge on any atom is 0.469 e. The lowest BCUT2D eigenvalue weighted by Crippen LogP contribution is -2.53. The van der Waals surface area contributed by atoms with Gasteiger partial charge in [-0.2, -0.15) is 0 Å². The predicted molar refractivity (Wildman–Crippen MR) is 101 cm³/mol. The molecule has 3 rings (SSSR count). The fourth-order valence-electron chi connectivity index (χ4n) is 3.47. The molecule has 0 radical (unpaired) electrons. The first kappa shape index (κ1) is 23.7. The molecule has 1 aromatic rings. The van der Waals surface area contributed by atoms with Crippen molar-refractivity contribution in [1.29, 1.82) is 0 Å². The monoisotopic (exact) mass is 464 g/mol. The van der Waals surface area contributed by atoms with Gasteiger partial charge >= 0.3 is 13.9 Å². The number of phosphoric acid groups is 1. The number of carbonyl (C=O) groups is 1. The van der Waals surface area contributed by atoms with Crippen LogP contribution in [0.15, 0.2) is 30.0 Å². The highest BCUT2D eigenvalue weighted by molar-refractivity contribution is 7.46. The van der Waals surface area contributed by atoms with E-state index in [9.17, 15) is 28.4 Å². The van der Waals surface area contributed by atoms with Crippen molar-refractivity contribution in [3.05, 3.63) is 47.2 Å². The second kappa shape index (κ2) is 9.29. The first-order valence-corrected chi connectivity index (χ1v) is 10.9. The summed E-state index contributed by atoms with van der Waals surface area (Å²) < 4.78 is 47.6. The van der Waals surface area contributed by atoms with Gasteiger partial charge in [0, 0.05) is 25.4 Å². The van der Waals surface area contributed by atoms with Crippen LogP contribution in [0.3, 0.4) is 0 Å². The van der Waals surface area contributed by atoms with Crippen LogP contribution in [0.4, 0.5) is 13.6 Å². The molecule has 1 fully saturated rings. The second-order valence-electron chi connectivity index (χ2n) is 7.41. The molecule has 0 bridgehead atoms. The molecule has 0 spiro atoms. The molecule has 10 nitrogen and oxygen atoms in total. The standard InChI is InChI=1S/C18H23F2N2O8P/c1-10-7-21(5-4-11-2-3-12(19)6-13(11)20)18(25)22(8-10)17-16(24)15(23)14(30-17)9-29-31(26,27)28/h2-3,6,8,14-17,23-24H,4-5,7,9H2,1H3,(H2,26,27,28)/t14-,15+,16+,17-/m1/s1. The number of nitrogens with zero attached hydrogens (tertiary/aromatic N) is 2. The summed E-state index contributed by atoms with van der Waals surface area (Å²) in [6.07, 6.45) is -4.17. The Hall–Kier alpha value is -1.92. The molecule has 2 aliphatic heterocycles. The number of ether oxygens (including phenoxy) is 1. The van der Waals surface area contributed by atoms with Gasteiger partial charge in [-0.3, -0.25) is 9.42 Å². The minimum absolute atomic E-state index is 0.0964. The molecule has 0 saturated carbocycles. The molecule has 31 heavy (non-hydrogen) atoms. The number of rotatable bonds is 7. The van der Waals surface area contributed by atoms with E-state index in [1.54, 1.807) is 6.92 Å². The minimum atomic E-state index is -4.82. The fraction of sp³-hybridized carbons (Fsp3) is 0.500. The highest BCUT2D eigenvalue weighted by atomic mass is 31.2. The smallest absolute Gasteiger partial charge is 0.387 e. The summed E-state index contributed by atoms with van der Waals surface area (Å²) in [5.41, 5.74) is 0.939. The Bertz CT molecular complexity index is 911. The highest BCUT2D eigenvalue weighted by Gasteiger charge is 2.48. The van der Waals surface area contributed by atoms with Crippen molar-refractivity contribution in [2.24, 2.45) is 0 Å². The zero-order chi connectivity index (χ0) is 22.9. The zero-order valence-electron chi connectivity index (χ0n) is 16.5. The molecular formula is C18H23F2N2O8P. The second-order valence-corrected chi connectivity index (χ2v) is 8.64. The number of aliphatic hydroxyl groups is 2. The van der Waals surface area contributed by atoms with Crippen molar-refractivity contribution in [1.82, 2.24) is 9.80 Å². The number of halogens is 2. The Labute approximate surface area is 176 Å². The van der Waals surface area contributed by atoms with E-state index in [0.29, 0.717) is 5.57 Å². The maximum atomic E-state index is 13.9. The highest BCUT2D eigenvalue weighted by Crippen LogP contribution is 2.37. The van der Waals surface area contributed by atoms with Gasteiger partial charge in [0.2, 0.25) is 0 Å². The van der Waals surface area contributed by atoms with E-state index in [4.69, 9.17) is 14.5 Å². The van der Waals surface area contributed by atoms with Crippen LogP contribution in [-0.2, 0) is 20.2 Å². The number of carbonyl (C=O) groups excluding carboxylic acids is 1. The Kier molecular flexibility index (Phi) is 7.11. The first-order chi connectivity index (χ1) is 14.5. The molecule has 4 atom stereocenters. The van der Waals surface area contributed by atoms with Gasteiger partial charge in [0.15, 0.2) is 6.23 Å². The quantitative estimate of drug-likeness (QED) is 0.433. The molecule has 1 aromatic carbocycles. The van der Waals surface area contributed by atoms with Gasteiger partial charge in [-0.15, -0.1) is 0 Å². The number of aliphatic hydroxyl groups excluding tert-OH is 2. The number of hydrogen-bond acceptors (Lipinski definition) is 6. The topological polar surface area (TPSA) is 140 Å². The van der Waals surface area contributed by atoms with Crippen LogP contribution >= 0.6 is 7.82 Å². The van der Waals surface area contributed by atoms with E-state index in [-0.39, 0.29) is 25.1 Å². The van der Waals surface area contributed by atoms with Crippen LogP contribution < -0.4 is 0 Å².